The zero-order chi connectivity index (χ0) is 20.0. The van der Waals surface area contributed by atoms with Crippen LogP contribution in [0.2, 0.25) is 0 Å². The molecule has 1 aromatic carbocycles. The Morgan fingerprint density at radius 1 is 1.36 bits per heavy atom. The molecule has 1 fully saturated rings. The second-order valence-corrected chi connectivity index (χ2v) is 6.90. The lowest BCUT2D eigenvalue weighted by atomic mass is 9.87. The lowest BCUT2D eigenvalue weighted by molar-refractivity contribution is -0.132. The Bertz CT molecular complexity index is 811. The number of nitrogens with one attached hydrogen (secondary N) is 2. The highest BCUT2D eigenvalue weighted by molar-refractivity contribution is 5.84. The predicted molar refractivity (Wildman–Crippen MR) is 108 cm³/mol. The molecule has 2 heterocycles. The van der Waals surface area contributed by atoms with Crippen molar-refractivity contribution in [3.05, 3.63) is 54.4 Å². The van der Waals surface area contributed by atoms with E-state index in [1.807, 2.05) is 30.5 Å². The molecule has 28 heavy (non-hydrogen) atoms. The molecular formula is C21H28N4O3. The molecule has 1 saturated heterocycles. The van der Waals surface area contributed by atoms with Gasteiger partial charge < -0.3 is 20.1 Å². The van der Waals surface area contributed by atoms with Crippen LogP contribution in [0.5, 0.6) is 11.5 Å². The van der Waals surface area contributed by atoms with Crippen LogP contribution in [0.1, 0.15) is 24.0 Å². The largest absolute Gasteiger partial charge is 0.493 e. The van der Waals surface area contributed by atoms with E-state index in [1.54, 1.807) is 25.1 Å². The van der Waals surface area contributed by atoms with Gasteiger partial charge in [-0.3, -0.25) is 9.48 Å². The van der Waals surface area contributed by atoms with E-state index in [1.165, 1.54) is 0 Å². The smallest absolute Gasteiger partial charge is 0.248 e. The summed E-state index contributed by atoms with van der Waals surface area (Å²) >= 11 is 0. The molecule has 1 aromatic heterocycles. The number of nitrogens with zero attached hydrogens (tertiary/aromatic N) is 2. The first-order valence-corrected chi connectivity index (χ1v) is 9.48. The van der Waals surface area contributed by atoms with Gasteiger partial charge in [0.15, 0.2) is 11.5 Å². The molecule has 1 aliphatic rings. The number of piperidine rings is 1. The molecule has 1 aliphatic heterocycles. The fraction of sp³-hybridized carbons (Fsp3) is 0.429. The maximum Gasteiger partial charge on any atom is 0.248 e. The number of aromatic nitrogens is 2. The minimum absolute atomic E-state index is 0.0160. The molecule has 0 radical (unpaired) electrons. The van der Waals surface area contributed by atoms with E-state index in [9.17, 15) is 4.79 Å². The molecule has 2 aromatic rings. The van der Waals surface area contributed by atoms with E-state index < -0.39 is 5.54 Å². The Kier molecular flexibility index (Phi) is 6.36. The molecule has 150 valence electrons. The van der Waals surface area contributed by atoms with Gasteiger partial charge in [0, 0.05) is 24.5 Å². The standard InChI is InChI=1S/C21H28N4O3/c1-4-6-17-13-16(14-18(27-2)19(17)28-3)15-23-20(26)21(7-10-22-11-8-21)25-12-5-9-24-25/h4-5,9,12-14,22H,1,6-8,10-11,15H2,2-3H3,(H,23,26). The zero-order valence-electron chi connectivity index (χ0n) is 16.5. The van der Waals surface area contributed by atoms with Gasteiger partial charge in [0.25, 0.3) is 0 Å². The minimum Gasteiger partial charge on any atom is -0.493 e. The highest BCUT2D eigenvalue weighted by Gasteiger charge is 2.41. The van der Waals surface area contributed by atoms with Gasteiger partial charge in [0.05, 0.1) is 14.2 Å². The maximum absolute atomic E-state index is 13.2. The Morgan fingerprint density at radius 2 is 2.14 bits per heavy atom. The molecule has 0 atom stereocenters. The van der Waals surface area contributed by atoms with E-state index in [0.29, 0.717) is 37.3 Å². The Labute approximate surface area is 165 Å². The van der Waals surface area contributed by atoms with Gasteiger partial charge >= 0.3 is 0 Å². The third kappa shape index (κ3) is 3.89. The van der Waals surface area contributed by atoms with Crippen molar-refractivity contribution in [1.82, 2.24) is 20.4 Å². The summed E-state index contributed by atoms with van der Waals surface area (Å²) in [5.74, 6) is 1.33. The van der Waals surface area contributed by atoms with Crippen LogP contribution in [0.15, 0.2) is 43.2 Å². The molecule has 3 rings (SSSR count). The topological polar surface area (TPSA) is 77.4 Å². The molecule has 0 saturated carbocycles. The van der Waals surface area contributed by atoms with Gasteiger partial charge in [0.2, 0.25) is 5.91 Å². The molecular weight excluding hydrogens is 356 g/mol. The lowest BCUT2D eigenvalue weighted by Crippen LogP contribution is -2.54. The number of rotatable bonds is 8. The highest BCUT2D eigenvalue weighted by atomic mass is 16.5. The molecule has 2 N–H and O–H groups in total. The predicted octanol–water partition coefficient (Wildman–Crippen LogP) is 2.02. The summed E-state index contributed by atoms with van der Waals surface area (Å²) in [5, 5.41) is 10.8. The van der Waals surface area contributed by atoms with Gasteiger partial charge in [-0.2, -0.15) is 5.10 Å². The normalized spacial score (nSPS) is 15.6. The van der Waals surface area contributed by atoms with Gasteiger partial charge in [-0.1, -0.05) is 6.08 Å². The van der Waals surface area contributed by atoms with Crippen molar-refractivity contribution in [2.24, 2.45) is 0 Å². The van der Waals surface area contributed by atoms with Gasteiger partial charge in [0.1, 0.15) is 5.54 Å². The van der Waals surface area contributed by atoms with E-state index in [-0.39, 0.29) is 5.91 Å². The molecule has 7 heteroatoms. The third-order valence-corrected chi connectivity index (χ3v) is 5.23. The fourth-order valence-corrected chi connectivity index (χ4v) is 3.79. The molecule has 0 aliphatic carbocycles. The van der Waals surface area contributed by atoms with Crippen molar-refractivity contribution in [1.29, 1.82) is 0 Å². The van der Waals surface area contributed by atoms with E-state index in [4.69, 9.17) is 9.47 Å². The Balaban J connectivity index is 1.81. The first-order chi connectivity index (χ1) is 13.6. The van der Waals surface area contributed by atoms with Crippen molar-refractivity contribution in [2.75, 3.05) is 27.3 Å². The van der Waals surface area contributed by atoms with Crippen LogP contribution < -0.4 is 20.1 Å². The lowest BCUT2D eigenvalue weighted by Gasteiger charge is -2.36. The van der Waals surface area contributed by atoms with Crippen molar-refractivity contribution >= 4 is 5.91 Å². The van der Waals surface area contributed by atoms with E-state index in [0.717, 1.165) is 24.2 Å². The summed E-state index contributed by atoms with van der Waals surface area (Å²) in [6, 6.07) is 5.77. The zero-order valence-corrected chi connectivity index (χ0v) is 16.5. The summed E-state index contributed by atoms with van der Waals surface area (Å²) in [6.07, 6.45) is 7.46. The minimum atomic E-state index is -0.657. The first kappa shape index (κ1) is 19.9. The van der Waals surface area contributed by atoms with Gasteiger partial charge in [-0.05, 0) is 56.1 Å². The van der Waals surface area contributed by atoms with Crippen molar-refractivity contribution < 1.29 is 14.3 Å². The average Bonchev–Trinajstić information content (AvgIpc) is 3.27. The van der Waals surface area contributed by atoms with Crippen LogP contribution in [0.4, 0.5) is 0 Å². The van der Waals surface area contributed by atoms with E-state index in [2.05, 4.69) is 22.3 Å². The number of carbonyl (C=O) groups is 1. The molecule has 0 spiro atoms. The summed E-state index contributed by atoms with van der Waals surface area (Å²) in [6.45, 7) is 5.78. The number of benzene rings is 1. The quantitative estimate of drug-likeness (QED) is 0.681. The van der Waals surface area contributed by atoms with Crippen LogP contribution in [0.25, 0.3) is 0 Å². The maximum atomic E-state index is 13.2. The van der Waals surface area contributed by atoms with Crippen molar-refractivity contribution in [2.45, 2.75) is 31.3 Å². The molecule has 7 nitrogen and oxygen atoms in total. The molecule has 0 unspecified atom stereocenters. The summed E-state index contributed by atoms with van der Waals surface area (Å²) < 4.78 is 12.7. The van der Waals surface area contributed by atoms with Crippen LogP contribution in [0.3, 0.4) is 0 Å². The first-order valence-electron chi connectivity index (χ1n) is 9.48. The number of amides is 1. The van der Waals surface area contributed by atoms with Crippen LogP contribution in [-0.4, -0.2) is 43.0 Å². The third-order valence-electron chi connectivity index (χ3n) is 5.23. The SMILES string of the molecule is C=CCc1cc(CNC(=O)C2(n3cccn3)CCNCC2)cc(OC)c1OC. The molecule has 1 amide bonds. The van der Waals surface area contributed by atoms with Crippen molar-refractivity contribution in [3.8, 4) is 11.5 Å². The summed E-state index contributed by atoms with van der Waals surface area (Å²) in [7, 11) is 3.23. The van der Waals surface area contributed by atoms with Gasteiger partial charge in [-0.15, -0.1) is 6.58 Å². The second kappa shape index (κ2) is 8.93. The number of ether oxygens (including phenoxy) is 2. The second-order valence-electron chi connectivity index (χ2n) is 6.90. The number of allylic oxidation sites excluding steroid dienone is 1. The average molecular weight is 384 g/mol. The number of hydrogen-bond donors (Lipinski definition) is 2. The Hall–Kier alpha value is -2.80. The van der Waals surface area contributed by atoms with Crippen LogP contribution in [-0.2, 0) is 23.3 Å². The summed E-state index contributed by atoms with van der Waals surface area (Å²) in [4.78, 5) is 13.2. The molecule has 0 bridgehead atoms. The number of hydrogen-bond acceptors (Lipinski definition) is 5. The van der Waals surface area contributed by atoms with Crippen LogP contribution in [0, 0.1) is 0 Å². The number of carbonyl (C=O) groups excluding carboxylic acids is 1. The van der Waals surface area contributed by atoms with Gasteiger partial charge in [-0.25, -0.2) is 0 Å². The fourth-order valence-electron chi connectivity index (χ4n) is 3.79. The van der Waals surface area contributed by atoms with E-state index >= 15 is 0 Å². The number of methoxy groups -OCH3 is 2. The van der Waals surface area contributed by atoms with Crippen molar-refractivity contribution in [3.63, 3.8) is 0 Å². The monoisotopic (exact) mass is 384 g/mol. The van der Waals surface area contributed by atoms with Crippen LogP contribution >= 0.6 is 0 Å². The highest BCUT2D eigenvalue weighted by Crippen LogP contribution is 2.33. The summed E-state index contributed by atoms with van der Waals surface area (Å²) in [5.41, 5.74) is 1.27. The Morgan fingerprint density at radius 3 is 2.75 bits per heavy atom.